The molecule has 2 amide bonds. The zero-order chi connectivity index (χ0) is 23.8. The lowest BCUT2D eigenvalue weighted by molar-refractivity contribution is -0.160. The fraction of sp³-hybridized carbons (Fsp3) is 0.640. The molecule has 33 heavy (non-hydrogen) atoms. The molecule has 2 bridgehead atoms. The summed E-state index contributed by atoms with van der Waals surface area (Å²) in [5.41, 5.74) is -1.26. The minimum atomic E-state index is -1.12. The van der Waals surface area contributed by atoms with Crippen LogP contribution < -0.4 is 5.32 Å². The second-order valence-corrected chi connectivity index (χ2v) is 9.48. The van der Waals surface area contributed by atoms with E-state index in [2.05, 4.69) is 5.32 Å². The molecule has 2 N–H and O–H groups in total. The molecular formula is C25H34N2O6. The van der Waals surface area contributed by atoms with Gasteiger partial charge in [-0.15, -0.1) is 0 Å². The first-order valence-electron chi connectivity index (χ1n) is 12.0. The Morgan fingerprint density at radius 2 is 2.00 bits per heavy atom. The van der Waals surface area contributed by atoms with Gasteiger partial charge in [-0.3, -0.25) is 14.4 Å². The monoisotopic (exact) mass is 458 g/mol. The van der Waals surface area contributed by atoms with Gasteiger partial charge in [0, 0.05) is 6.54 Å². The Balaban J connectivity index is 1.79. The number of esters is 1. The van der Waals surface area contributed by atoms with Crippen LogP contribution in [0.5, 0.6) is 0 Å². The topological polar surface area (TPSA) is 105 Å². The van der Waals surface area contributed by atoms with Crippen molar-refractivity contribution >= 4 is 17.8 Å². The lowest BCUT2D eigenvalue weighted by atomic mass is 9.66. The van der Waals surface area contributed by atoms with Crippen LogP contribution in [0.25, 0.3) is 0 Å². The predicted molar refractivity (Wildman–Crippen MR) is 120 cm³/mol. The number of nitrogens with one attached hydrogen (secondary N) is 1. The van der Waals surface area contributed by atoms with Gasteiger partial charge in [0.05, 0.1) is 30.8 Å². The van der Waals surface area contributed by atoms with Gasteiger partial charge in [0.2, 0.25) is 11.8 Å². The Morgan fingerprint density at radius 3 is 2.64 bits per heavy atom. The van der Waals surface area contributed by atoms with Crippen LogP contribution in [0.3, 0.4) is 0 Å². The molecule has 8 nitrogen and oxygen atoms in total. The Kier molecular flexibility index (Phi) is 6.51. The summed E-state index contributed by atoms with van der Waals surface area (Å²) in [6, 6.07) is 7.51. The highest BCUT2D eigenvalue weighted by Gasteiger charge is 2.78. The number of amides is 2. The first-order valence-corrected chi connectivity index (χ1v) is 12.0. The van der Waals surface area contributed by atoms with Crippen LogP contribution in [-0.4, -0.2) is 64.8 Å². The number of likely N-dealkylation sites (tertiary alicyclic amines) is 1. The van der Waals surface area contributed by atoms with Gasteiger partial charge < -0.3 is 24.8 Å². The zero-order valence-electron chi connectivity index (χ0n) is 19.6. The minimum absolute atomic E-state index is 0.202. The maximum atomic E-state index is 14.0. The van der Waals surface area contributed by atoms with Crippen molar-refractivity contribution in [2.45, 2.75) is 69.7 Å². The average Bonchev–Trinajstić information content (AvgIpc) is 3.37. The summed E-state index contributed by atoms with van der Waals surface area (Å²) in [6.07, 6.45) is 2.78. The molecule has 0 saturated carbocycles. The van der Waals surface area contributed by atoms with E-state index >= 15 is 0 Å². The number of nitrogens with zero attached hydrogens (tertiary/aromatic N) is 1. The summed E-state index contributed by atoms with van der Waals surface area (Å²) in [5.74, 6) is -2.72. The number of unbranched alkanes of at least 4 members (excludes halogenated alkanes) is 1. The summed E-state index contributed by atoms with van der Waals surface area (Å²) in [6.45, 7) is 5.95. The Morgan fingerprint density at radius 1 is 1.27 bits per heavy atom. The summed E-state index contributed by atoms with van der Waals surface area (Å²) in [4.78, 5) is 42.1. The molecule has 1 spiro atoms. The van der Waals surface area contributed by atoms with E-state index in [4.69, 9.17) is 9.47 Å². The summed E-state index contributed by atoms with van der Waals surface area (Å²) < 4.78 is 11.9. The molecule has 0 radical (unpaired) electrons. The van der Waals surface area contributed by atoms with E-state index in [1.54, 1.807) is 6.92 Å². The lowest BCUT2D eigenvalue weighted by Gasteiger charge is -2.37. The van der Waals surface area contributed by atoms with Crippen molar-refractivity contribution < 1.29 is 29.0 Å². The molecule has 3 heterocycles. The molecule has 1 aromatic rings. The molecule has 3 aliphatic heterocycles. The van der Waals surface area contributed by atoms with Crippen molar-refractivity contribution in [1.29, 1.82) is 0 Å². The molecule has 6 atom stereocenters. The van der Waals surface area contributed by atoms with Crippen molar-refractivity contribution in [1.82, 2.24) is 10.2 Å². The van der Waals surface area contributed by atoms with Gasteiger partial charge in [-0.05, 0) is 38.7 Å². The van der Waals surface area contributed by atoms with E-state index in [1.165, 1.54) is 4.90 Å². The van der Waals surface area contributed by atoms with E-state index in [0.717, 1.165) is 18.4 Å². The largest absolute Gasteiger partial charge is 0.466 e. The predicted octanol–water partition coefficient (Wildman–Crippen LogP) is 1.96. The van der Waals surface area contributed by atoms with E-state index in [9.17, 15) is 19.5 Å². The van der Waals surface area contributed by atoms with Crippen molar-refractivity contribution in [2.24, 2.45) is 11.8 Å². The van der Waals surface area contributed by atoms with Gasteiger partial charge in [-0.25, -0.2) is 0 Å². The molecule has 3 saturated heterocycles. The highest BCUT2D eigenvalue weighted by molar-refractivity contribution is 5.98. The smallest absolute Gasteiger partial charge is 0.312 e. The maximum absolute atomic E-state index is 14.0. The number of aliphatic hydroxyl groups is 1. The molecule has 8 heteroatoms. The summed E-state index contributed by atoms with van der Waals surface area (Å²) in [7, 11) is 0. The number of carbonyl (C=O) groups is 3. The lowest BCUT2D eigenvalue weighted by Crippen LogP contribution is -2.56. The third-order valence-electron chi connectivity index (χ3n) is 7.53. The number of benzene rings is 1. The summed E-state index contributed by atoms with van der Waals surface area (Å²) in [5, 5.41) is 13.3. The second kappa shape index (κ2) is 9.06. The second-order valence-electron chi connectivity index (χ2n) is 9.48. The first-order chi connectivity index (χ1) is 15.8. The Hall–Kier alpha value is -2.45. The van der Waals surface area contributed by atoms with E-state index in [1.807, 2.05) is 44.2 Å². The number of hydrogen-bond donors (Lipinski definition) is 2. The van der Waals surface area contributed by atoms with Crippen molar-refractivity contribution in [3.8, 4) is 0 Å². The van der Waals surface area contributed by atoms with Gasteiger partial charge >= 0.3 is 5.97 Å². The zero-order valence-corrected chi connectivity index (χ0v) is 19.6. The molecule has 0 aromatic heterocycles. The van der Waals surface area contributed by atoms with Gasteiger partial charge in [-0.1, -0.05) is 43.7 Å². The molecule has 0 aliphatic carbocycles. The summed E-state index contributed by atoms with van der Waals surface area (Å²) >= 11 is 0. The Bertz CT molecular complexity index is 907. The number of fused-ring (bicyclic) bond motifs is 1. The maximum Gasteiger partial charge on any atom is 0.312 e. The molecular weight excluding hydrogens is 424 g/mol. The van der Waals surface area contributed by atoms with Crippen molar-refractivity contribution in [3.63, 3.8) is 0 Å². The minimum Gasteiger partial charge on any atom is -0.466 e. The van der Waals surface area contributed by atoms with Crippen LogP contribution in [0, 0.1) is 11.8 Å². The number of rotatable bonds is 9. The van der Waals surface area contributed by atoms with E-state index in [0.29, 0.717) is 19.4 Å². The first kappa shape index (κ1) is 23.7. The van der Waals surface area contributed by atoms with Gasteiger partial charge in [0.1, 0.15) is 17.6 Å². The van der Waals surface area contributed by atoms with Crippen LogP contribution in [0.15, 0.2) is 30.3 Å². The van der Waals surface area contributed by atoms with Gasteiger partial charge in [0.25, 0.3) is 0 Å². The standard InChI is InChI=1S/C25H34N2O6/c1-4-6-14-26-21(29)20-25-13-12-24(3,33-25)19(23(31)32-5-2)18(25)22(30)27(20)17(15-28)16-10-8-7-9-11-16/h7-11,17-20,28H,4-6,12-15H2,1-3H3,(H,26,29)/t17-,18+,19+,20?,24-,25?/m1/s1. The number of aliphatic hydroxyl groups excluding tert-OH is 1. The van der Waals surface area contributed by atoms with Crippen LogP contribution in [0.1, 0.15) is 58.1 Å². The molecule has 3 fully saturated rings. The highest BCUT2D eigenvalue weighted by atomic mass is 16.6. The third kappa shape index (κ3) is 3.64. The number of ether oxygens (including phenoxy) is 2. The van der Waals surface area contributed by atoms with Crippen molar-refractivity contribution in [3.05, 3.63) is 35.9 Å². The fourth-order valence-electron chi connectivity index (χ4n) is 6.10. The normalized spacial score (nSPS) is 33.2. The number of hydrogen-bond acceptors (Lipinski definition) is 6. The SMILES string of the molecule is CCCCNC(=O)C1N([C@H](CO)c2ccccc2)C(=O)[C@@H]2[C@@H](C(=O)OCC)[C@@]3(C)CCC12O3. The fourth-order valence-corrected chi connectivity index (χ4v) is 6.10. The average molecular weight is 459 g/mol. The molecule has 180 valence electrons. The van der Waals surface area contributed by atoms with Crippen LogP contribution in [-0.2, 0) is 23.9 Å². The molecule has 3 aliphatic rings. The Labute approximate surface area is 194 Å². The molecule has 4 rings (SSSR count). The van der Waals surface area contributed by atoms with Gasteiger partial charge in [-0.2, -0.15) is 0 Å². The van der Waals surface area contributed by atoms with Crippen LogP contribution in [0.2, 0.25) is 0 Å². The highest BCUT2D eigenvalue weighted by Crippen LogP contribution is 2.64. The number of carbonyl (C=O) groups excluding carboxylic acids is 3. The van der Waals surface area contributed by atoms with E-state index in [-0.39, 0.29) is 25.0 Å². The van der Waals surface area contributed by atoms with Gasteiger partial charge in [0.15, 0.2) is 0 Å². The third-order valence-corrected chi connectivity index (χ3v) is 7.53. The van der Waals surface area contributed by atoms with Crippen molar-refractivity contribution in [2.75, 3.05) is 19.8 Å². The van der Waals surface area contributed by atoms with Crippen LogP contribution in [0.4, 0.5) is 0 Å². The van der Waals surface area contributed by atoms with E-state index < -0.39 is 41.1 Å². The quantitative estimate of drug-likeness (QED) is 0.433. The molecule has 1 aromatic carbocycles. The molecule has 2 unspecified atom stereocenters. The van der Waals surface area contributed by atoms with Crippen LogP contribution >= 0.6 is 0 Å².